The van der Waals surface area contributed by atoms with E-state index in [9.17, 15) is 4.39 Å². The molecule has 0 saturated heterocycles. The number of imidazole rings is 1. The largest absolute Gasteiger partial charge is 0.494 e. The number of hydrogen-bond donors (Lipinski definition) is 1. The second-order valence-electron chi connectivity index (χ2n) is 4.78. The molecule has 3 nitrogen and oxygen atoms in total. The predicted molar refractivity (Wildman–Crippen MR) is 83.8 cm³/mol. The maximum absolute atomic E-state index is 13.7. The molecule has 5 heteroatoms. The van der Waals surface area contributed by atoms with Gasteiger partial charge in [-0.2, -0.15) is 0 Å². The lowest BCUT2D eigenvalue weighted by molar-refractivity contribution is 0.419. The molecule has 3 rings (SSSR count). The zero-order valence-corrected chi connectivity index (χ0v) is 12.4. The van der Waals surface area contributed by atoms with Crippen molar-refractivity contribution in [3.8, 4) is 5.75 Å². The summed E-state index contributed by atoms with van der Waals surface area (Å²) in [5, 5.41) is 0. The zero-order chi connectivity index (χ0) is 14.8. The van der Waals surface area contributed by atoms with E-state index in [2.05, 4.69) is 4.98 Å². The normalized spacial score (nSPS) is 11.0. The maximum Gasteiger partial charge on any atom is 0.178 e. The molecule has 2 aromatic carbocycles. The van der Waals surface area contributed by atoms with Crippen LogP contribution in [0.5, 0.6) is 5.75 Å². The number of fused-ring (bicyclic) bond motifs is 1. The van der Waals surface area contributed by atoms with Gasteiger partial charge in [0, 0.05) is 6.54 Å². The number of aromatic amines is 1. The fourth-order valence-corrected chi connectivity index (χ4v) is 2.77. The minimum atomic E-state index is -0.179. The van der Waals surface area contributed by atoms with Crippen LogP contribution in [0.25, 0.3) is 11.0 Å². The van der Waals surface area contributed by atoms with Crippen LogP contribution in [0.4, 0.5) is 4.39 Å². The van der Waals surface area contributed by atoms with Crippen molar-refractivity contribution in [1.82, 2.24) is 9.55 Å². The summed E-state index contributed by atoms with van der Waals surface area (Å²) in [6.07, 6.45) is 0.588. The molecule has 0 radical (unpaired) electrons. The molecule has 21 heavy (non-hydrogen) atoms. The molecule has 1 aromatic heterocycles. The lowest BCUT2D eigenvalue weighted by Gasteiger charge is -2.06. The molecule has 1 N–H and O–H groups in total. The van der Waals surface area contributed by atoms with E-state index in [-0.39, 0.29) is 5.82 Å². The average Bonchev–Trinajstić information content (AvgIpc) is 2.82. The number of methoxy groups -OCH3 is 1. The monoisotopic (exact) mass is 302 g/mol. The van der Waals surface area contributed by atoms with Gasteiger partial charge in [0.1, 0.15) is 17.1 Å². The smallest absolute Gasteiger partial charge is 0.178 e. The molecule has 3 aromatic rings. The Hall–Kier alpha value is -2.14. The van der Waals surface area contributed by atoms with Gasteiger partial charge in [0.2, 0.25) is 0 Å². The minimum Gasteiger partial charge on any atom is -0.494 e. The number of ether oxygens (including phenoxy) is 1. The summed E-state index contributed by atoms with van der Waals surface area (Å²) < 4.78 is 21.6. The van der Waals surface area contributed by atoms with Crippen LogP contribution in [0.2, 0.25) is 0 Å². The second kappa shape index (κ2) is 5.69. The van der Waals surface area contributed by atoms with Crippen molar-refractivity contribution in [2.24, 2.45) is 0 Å². The average molecular weight is 302 g/mol. The van der Waals surface area contributed by atoms with E-state index in [1.807, 2.05) is 28.8 Å². The van der Waals surface area contributed by atoms with Gasteiger partial charge in [0.15, 0.2) is 4.77 Å². The molecule has 108 valence electrons. The van der Waals surface area contributed by atoms with Gasteiger partial charge in [-0.3, -0.25) is 0 Å². The van der Waals surface area contributed by atoms with Crippen LogP contribution in [-0.2, 0) is 13.0 Å². The van der Waals surface area contributed by atoms with Gasteiger partial charge in [0.25, 0.3) is 0 Å². The number of hydrogen-bond acceptors (Lipinski definition) is 2. The molecule has 0 amide bonds. The SMILES string of the molecule is COc1cccc2c1[nH]c(=S)n2CCc1ccccc1F. The summed E-state index contributed by atoms with van der Waals surface area (Å²) in [5.41, 5.74) is 2.53. The molecule has 0 fully saturated rings. The van der Waals surface area contributed by atoms with Gasteiger partial charge in [-0.1, -0.05) is 24.3 Å². The van der Waals surface area contributed by atoms with E-state index < -0.39 is 0 Å². The number of aryl methyl sites for hydroxylation is 2. The fourth-order valence-electron chi connectivity index (χ4n) is 2.48. The highest BCUT2D eigenvalue weighted by molar-refractivity contribution is 7.71. The van der Waals surface area contributed by atoms with E-state index in [0.29, 0.717) is 23.3 Å². The van der Waals surface area contributed by atoms with E-state index in [0.717, 1.165) is 16.8 Å². The fraction of sp³-hybridized carbons (Fsp3) is 0.188. The Kier molecular flexibility index (Phi) is 3.75. The number of H-pyrrole nitrogens is 1. The van der Waals surface area contributed by atoms with Crippen LogP contribution in [-0.4, -0.2) is 16.7 Å². The highest BCUT2D eigenvalue weighted by atomic mass is 32.1. The predicted octanol–water partition coefficient (Wildman–Crippen LogP) is 4.09. The number of halogens is 1. The van der Waals surface area contributed by atoms with E-state index in [1.165, 1.54) is 6.07 Å². The Morgan fingerprint density at radius 1 is 1.19 bits per heavy atom. The Morgan fingerprint density at radius 2 is 2.00 bits per heavy atom. The number of nitrogens with one attached hydrogen (secondary N) is 1. The zero-order valence-electron chi connectivity index (χ0n) is 11.6. The molecule has 0 saturated carbocycles. The first-order valence-corrected chi connectivity index (χ1v) is 7.10. The maximum atomic E-state index is 13.7. The van der Waals surface area contributed by atoms with Gasteiger partial charge >= 0.3 is 0 Å². The van der Waals surface area contributed by atoms with Gasteiger partial charge in [-0.05, 0) is 42.4 Å². The van der Waals surface area contributed by atoms with Crippen LogP contribution >= 0.6 is 12.2 Å². The molecule has 1 heterocycles. The molecular formula is C16H15FN2OS. The van der Waals surface area contributed by atoms with E-state index in [1.54, 1.807) is 19.2 Å². The van der Waals surface area contributed by atoms with Crippen LogP contribution < -0.4 is 4.74 Å². The number of benzene rings is 2. The summed E-state index contributed by atoms with van der Waals surface area (Å²) in [4.78, 5) is 3.16. The van der Waals surface area contributed by atoms with Crippen molar-refractivity contribution in [3.05, 3.63) is 58.6 Å². The first kappa shape index (κ1) is 13.8. The Labute approximate surface area is 127 Å². The third-order valence-electron chi connectivity index (χ3n) is 3.55. The van der Waals surface area contributed by atoms with Crippen molar-refractivity contribution >= 4 is 23.3 Å². The van der Waals surface area contributed by atoms with Crippen molar-refractivity contribution in [2.45, 2.75) is 13.0 Å². The molecule has 0 unspecified atom stereocenters. The second-order valence-corrected chi connectivity index (χ2v) is 5.16. The molecule has 0 spiro atoms. The molecule has 0 aliphatic heterocycles. The van der Waals surface area contributed by atoms with E-state index >= 15 is 0 Å². The molecule has 0 aliphatic carbocycles. The summed E-state index contributed by atoms with van der Waals surface area (Å²) in [6, 6.07) is 12.6. The topological polar surface area (TPSA) is 29.9 Å². The van der Waals surface area contributed by atoms with Gasteiger partial charge in [-0.15, -0.1) is 0 Å². The summed E-state index contributed by atoms with van der Waals surface area (Å²) >= 11 is 5.37. The Bertz CT molecular complexity index is 838. The number of aromatic nitrogens is 2. The quantitative estimate of drug-likeness (QED) is 0.736. The van der Waals surface area contributed by atoms with Gasteiger partial charge in [-0.25, -0.2) is 4.39 Å². The number of nitrogens with zero attached hydrogens (tertiary/aromatic N) is 1. The molecular weight excluding hydrogens is 287 g/mol. The molecule has 0 bridgehead atoms. The molecule has 0 atom stereocenters. The number of para-hydroxylation sites is 1. The standard InChI is InChI=1S/C16H15FN2OS/c1-20-14-8-4-7-13-15(14)18-16(21)19(13)10-9-11-5-2-3-6-12(11)17/h2-8H,9-10H2,1H3,(H,18,21). The highest BCUT2D eigenvalue weighted by Crippen LogP contribution is 2.24. The minimum absolute atomic E-state index is 0.179. The Morgan fingerprint density at radius 3 is 2.76 bits per heavy atom. The van der Waals surface area contributed by atoms with Crippen molar-refractivity contribution < 1.29 is 9.13 Å². The van der Waals surface area contributed by atoms with Crippen LogP contribution in [0.15, 0.2) is 42.5 Å². The van der Waals surface area contributed by atoms with Gasteiger partial charge < -0.3 is 14.3 Å². The number of rotatable bonds is 4. The summed E-state index contributed by atoms with van der Waals surface area (Å²) in [7, 11) is 1.63. The van der Waals surface area contributed by atoms with E-state index in [4.69, 9.17) is 17.0 Å². The third-order valence-corrected chi connectivity index (χ3v) is 3.88. The summed E-state index contributed by atoms with van der Waals surface area (Å²) in [6.45, 7) is 0.618. The van der Waals surface area contributed by atoms with Crippen molar-refractivity contribution in [2.75, 3.05) is 7.11 Å². The van der Waals surface area contributed by atoms with Crippen LogP contribution in [0.1, 0.15) is 5.56 Å². The Balaban J connectivity index is 1.96. The van der Waals surface area contributed by atoms with Crippen molar-refractivity contribution in [3.63, 3.8) is 0 Å². The third kappa shape index (κ3) is 2.56. The first-order valence-electron chi connectivity index (χ1n) is 6.69. The van der Waals surface area contributed by atoms with Crippen LogP contribution in [0.3, 0.4) is 0 Å². The molecule has 0 aliphatic rings. The summed E-state index contributed by atoms with van der Waals surface area (Å²) in [5.74, 6) is 0.574. The van der Waals surface area contributed by atoms with Gasteiger partial charge in [0.05, 0.1) is 12.6 Å². The lowest BCUT2D eigenvalue weighted by Crippen LogP contribution is -2.02. The highest BCUT2D eigenvalue weighted by Gasteiger charge is 2.09. The van der Waals surface area contributed by atoms with Crippen molar-refractivity contribution in [1.29, 1.82) is 0 Å². The lowest BCUT2D eigenvalue weighted by atomic mass is 10.1. The van der Waals surface area contributed by atoms with Crippen LogP contribution in [0, 0.1) is 10.6 Å². The first-order chi connectivity index (χ1) is 10.2.